The lowest BCUT2D eigenvalue weighted by Crippen LogP contribution is -2.27. The molecule has 5 nitrogen and oxygen atoms in total. The number of aromatic nitrogens is 1. The standard InChI is InChI=1S/C21H18Cl2N4O/c1-13(24)18-19(23)17(12-25-20(18)26-15-6-4-3-5-7-15)21(28)27(2)16-10-8-14(22)9-11-16/h3-12,24H,1-2H3,(H,25,26). The number of hydrogen-bond donors (Lipinski definition) is 2. The van der Waals surface area contributed by atoms with E-state index in [0.29, 0.717) is 22.1 Å². The number of rotatable bonds is 5. The van der Waals surface area contributed by atoms with Crippen molar-refractivity contribution >= 4 is 52.0 Å². The number of halogens is 2. The van der Waals surface area contributed by atoms with Gasteiger partial charge in [0, 0.05) is 35.4 Å². The Kier molecular flexibility index (Phi) is 5.97. The molecule has 0 spiro atoms. The van der Waals surface area contributed by atoms with Crippen LogP contribution in [0.4, 0.5) is 17.2 Å². The zero-order valence-electron chi connectivity index (χ0n) is 15.3. The van der Waals surface area contributed by atoms with E-state index in [-0.39, 0.29) is 22.2 Å². The molecule has 28 heavy (non-hydrogen) atoms. The molecule has 3 aromatic rings. The van der Waals surface area contributed by atoms with Crippen LogP contribution in [-0.2, 0) is 0 Å². The van der Waals surface area contributed by atoms with Crippen LogP contribution in [0.25, 0.3) is 0 Å². The van der Waals surface area contributed by atoms with Crippen molar-refractivity contribution in [2.24, 2.45) is 0 Å². The van der Waals surface area contributed by atoms with Crippen LogP contribution in [0, 0.1) is 5.41 Å². The van der Waals surface area contributed by atoms with Crippen LogP contribution in [0.1, 0.15) is 22.8 Å². The molecule has 0 aliphatic rings. The number of anilines is 3. The van der Waals surface area contributed by atoms with Crippen molar-refractivity contribution in [2.45, 2.75) is 6.92 Å². The van der Waals surface area contributed by atoms with Crippen molar-refractivity contribution in [2.75, 3.05) is 17.3 Å². The lowest BCUT2D eigenvalue weighted by molar-refractivity contribution is 0.0993. The van der Waals surface area contributed by atoms with Crippen LogP contribution in [-0.4, -0.2) is 23.7 Å². The summed E-state index contributed by atoms with van der Waals surface area (Å²) >= 11 is 12.4. The summed E-state index contributed by atoms with van der Waals surface area (Å²) in [5.74, 6) is 0.1000. The summed E-state index contributed by atoms with van der Waals surface area (Å²) in [6.07, 6.45) is 1.43. The van der Waals surface area contributed by atoms with Gasteiger partial charge in [-0.15, -0.1) is 0 Å². The smallest absolute Gasteiger partial charge is 0.261 e. The van der Waals surface area contributed by atoms with Gasteiger partial charge in [-0.05, 0) is 43.3 Å². The normalized spacial score (nSPS) is 10.4. The molecule has 1 aromatic heterocycles. The number of para-hydroxylation sites is 1. The molecule has 0 saturated carbocycles. The van der Waals surface area contributed by atoms with Crippen molar-refractivity contribution in [1.82, 2.24) is 4.98 Å². The fourth-order valence-electron chi connectivity index (χ4n) is 2.70. The highest BCUT2D eigenvalue weighted by molar-refractivity contribution is 6.38. The summed E-state index contributed by atoms with van der Waals surface area (Å²) in [6.45, 7) is 1.61. The first-order chi connectivity index (χ1) is 13.4. The van der Waals surface area contributed by atoms with Gasteiger partial charge in [-0.1, -0.05) is 41.4 Å². The van der Waals surface area contributed by atoms with Gasteiger partial charge in [0.1, 0.15) is 5.82 Å². The Hall–Kier alpha value is -2.89. The molecule has 142 valence electrons. The third-order valence-corrected chi connectivity index (χ3v) is 4.82. The molecule has 0 fully saturated rings. The summed E-state index contributed by atoms with van der Waals surface area (Å²) in [4.78, 5) is 18.8. The van der Waals surface area contributed by atoms with Crippen LogP contribution in [0.3, 0.4) is 0 Å². The van der Waals surface area contributed by atoms with Crippen LogP contribution >= 0.6 is 23.2 Å². The van der Waals surface area contributed by atoms with Crippen molar-refractivity contribution in [1.29, 1.82) is 5.41 Å². The minimum absolute atomic E-state index is 0.187. The number of pyridine rings is 1. The largest absolute Gasteiger partial charge is 0.340 e. The van der Waals surface area contributed by atoms with Gasteiger partial charge in [-0.2, -0.15) is 0 Å². The number of nitrogens with one attached hydrogen (secondary N) is 2. The van der Waals surface area contributed by atoms with Crippen LogP contribution < -0.4 is 10.2 Å². The Labute approximate surface area is 173 Å². The molecule has 1 amide bonds. The van der Waals surface area contributed by atoms with E-state index in [1.165, 1.54) is 11.1 Å². The number of hydrogen-bond acceptors (Lipinski definition) is 4. The van der Waals surface area contributed by atoms with Crippen molar-refractivity contribution < 1.29 is 4.79 Å². The van der Waals surface area contributed by atoms with Crippen LogP contribution in [0.15, 0.2) is 60.8 Å². The molecule has 0 radical (unpaired) electrons. The minimum Gasteiger partial charge on any atom is -0.340 e. The Morgan fingerprint density at radius 1 is 1.07 bits per heavy atom. The molecule has 2 N–H and O–H groups in total. The fourth-order valence-corrected chi connectivity index (χ4v) is 3.18. The molecule has 2 aromatic carbocycles. The first kappa shape index (κ1) is 19.9. The number of nitrogens with zero attached hydrogens (tertiary/aromatic N) is 2. The predicted molar refractivity (Wildman–Crippen MR) is 116 cm³/mol. The van der Waals surface area contributed by atoms with E-state index >= 15 is 0 Å². The highest BCUT2D eigenvalue weighted by Crippen LogP contribution is 2.30. The summed E-state index contributed by atoms with van der Waals surface area (Å²) in [6, 6.07) is 16.4. The van der Waals surface area contributed by atoms with Gasteiger partial charge < -0.3 is 15.6 Å². The van der Waals surface area contributed by atoms with E-state index in [9.17, 15) is 4.79 Å². The molecule has 3 rings (SSSR count). The maximum atomic E-state index is 13.0. The Morgan fingerprint density at radius 3 is 2.32 bits per heavy atom. The zero-order valence-corrected chi connectivity index (χ0v) is 16.8. The SMILES string of the molecule is CC(=N)c1c(Nc2ccccc2)ncc(C(=O)N(C)c2ccc(Cl)cc2)c1Cl. The molecule has 0 atom stereocenters. The topological polar surface area (TPSA) is 69.1 Å². The molecule has 0 aliphatic heterocycles. The quantitative estimate of drug-likeness (QED) is 0.520. The Bertz CT molecular complexity index is 1020. The first-order valence-corrected chi connectivity index (χ1v) is 9.23. The minimum atomic E-state index is -0.325. The fraction of sp³-hybridized carbons (Fsp3) is 0.0952. The van der Waals surface area contributed by atoms with Crippen LogP contribution in [0.5, 0.6) is 0 Å². The van der Waals surface area contributed by atoms with Crippen molar-refractivity contribution in [3.63, 3.8) is 0 Å². The monoisotopic (exact) mass is 412 g/mol. The van der Waals surface area contributed by atoms with E-state index in [4.69, 9.17) is 28.6 Å². The van der Waals surface area contributed by atoms with Gasteiger partial charge in [0.15, 0.2) is 0 Å². The Balaban J connectivity index is 1.98. The molecular weight excluding hydrogens is 395 g/mol. The van der Waals surface area contributed by atoms with E-state index < -0.39 is 0 Å². The molecule has 0 aliphatic carbocycles. The highest BCUT2D eigenvalue weighted by atomic mass is 35.5. The summed E-state index contributed by atoms with van der Waals surface area (Å²) in [5.41, 5.74) is 2.30. The van der Waals surface area contributed by atoms with E-state index in [0.717, 1.165) is 5.69 Å². The molecular formula is C21H18Cl2N4O. The van der Waals surface area contributed by atoms with E-state index in [1.807, 2.05) is 30.3 Å². The van der Waals surface area contributed by atoms with Crippen molar-refractivity contribution in [3.05, 3.63) is 82.0 Å². The van der Waals surface area contributed by atoms with Gasteiger partial charge >= 0.3 is 0 Å². The van der Waals surface area contributed by atoms with Gasteiger partial charge in [-0.25, -0.2) is 4.98 Å². The number of carbonyl (C=O) groups excluding carboxylic acids is 1. The lowest BCUT2D eigenvalue weighted by Gasteiger charge is -2.20. The van der Waals surface area contributed by atoms with E-state index in [1.54, 1.807) is 38.2 Å². The maximum Gasteiger partial charge on any atom is 0.261 e. The van der Waals surface area contributed by atoms with Gasteiger partial charge in [0.25, 0.3) is 5.91 Å². The third kappa shape index (κ3) is 4.16. The molecule has 1 heterocycles. The van der Waals surface area contributed by atoms with Crippen LogP contribution in [0.2, 0.25) is 10.0 Å². The average molecular weight is 413 g/mol. The van der Waals surface area contributed by atoms with Gasteiger partial charge in [0.05, 0.1) is 16.1 Å². The van der Waals surface area contributed by atoms with Crippen molar-refractivity contribution in [3.8, 4) is 0 Å². The van der Waals surface area contributed by atoms with Gasteiger partial charge in [-0.3, -0.25) is 4.79 Å². The molecule has 0 saturated heterocycles. The average Bonchev–Trinajstić information content (AvgIpc) is 2.68. The second kappa shape index (κ2) is 8.42. The number of carbonyl (C=O) groups is 1. The first-order valence-electron chi connectivity index (χ1n) is 8.48. The molecule has 7 heteroatoms. The number of amides is 1. The highest BCUT2D eigenvalue weighted by Gasteiger charge is 2.22. The summed E-state index contributed by atoms with van der Waals surface area (Å²) < 4.78 is 0. The second-order valence-electron chi connectivity index (χ2n) is 6.17. The lowest BCUT2D eigenvalue weighted by atomic mass is 10.1. The number of benzene rings is 2. The summed E-state index contributed by atoms with van der Waals surface area (Å²) in [7, 11) is 1.65. The molecule has 0 bridgehead atoms. The zero-order chi connectivity index (χ0) is 20.3. The Morgan fingerprint density at radius 2 is 1.71 bits per heavy atom. The van der Waals surface area contributed by atoms with Gasteiger partial charge in [0.2, 0.25) is 0 Å². The predicted octanol–water partition coefficient (Wildman–Crippen LogP) is 5.80. The molecule has 0 unspecified atom stereocenters. The van der Waals surface area contributed by atoms with E-state index in [2.05, 4.69) is 10.3 Å². The third-order valence-electron chi connectivity index (χ3n) is 4.18. The second-order valence-corrected chi connectivity index (χ2v) is 6.98. The maximum absolute atomic E-state index is 13.0. The summed E-state index contributed by atoms with van der Waals surface area (Å²) in [5, 5.41) is 12.0.